The highest BCUT2D eigenvalue weighted by atomic mass is 32.1. The second-order valence-corrected chi connectivity index (χ2v) is 7.84. The third-order valence-corrected chi connectivity index (χ3v) is 5.58. The maximum Gasteiger partial charge on any atom is 0.191 e. The van der Waals surface area contributed by atoms with Crippen LogP contribution in [0.3, 0.4) is 0 Å². The molecule has 1 aromatic carbocycles. The second kappa shape index (κ2) is 10.8. The number of nitrogens with one attached hydrogen (secondary N) is 2. The molecule has 0 radical (unpaired) electrons. The van der Waals surface area contributed by atoms with E-state index in [1.165, 1.54) is 17.0 Å². The van der Waals surface area contributed by atoms with Gasteiger partial charge in [-0.25, -0.2) is 8.78 Å². The topological polar surface area (TPSA) is 67.1 Å². The van der Waals surface area contributed by atoms with Crippen LogP contribution in [0.5, 0.6) is 0 Å². The number of rotatable bonds is 9. The number of aryl methyl sites for hydroxylation is 1. The van der Waals surface area contributed by atoms with E-state index in [0.29, 0.717) is 31.2 Å². The summed E-state index contributed by atoms with van der Waals surface area (Å²) in [4.78, 5) is 5.89. The van der Waals surface area contributed by atoms with Gasteiger partial charge in [-0.3, -0.25) is 4.99 Å². The van der Waals surface area contributed by atoms with Crippen molar-refractivity contribution in [3.63, 3.8) is 0 Å². The zero-order valence-corrected chi connectivity index (χ0v) is 17.9. The fourth-order valence-electron chi connectivity index (χ4n) is 3.06. The Morgan fingerprint density at radius 3 is 2.90 bits per heavy atom. The number of halogens is 2. The zero-order valence-electron chi connectivity index (χ0n) is 17.1. The minimum atomic E-state index is -0.591. The SMILES string of the molecule is CCc1nncn1CCNC(=NCCc1cccs1)NC(C)c1ccc(F)cc1F. The van der Waals surface area contributed by atoms with Crippen molar-refractivity contribution in [3.8, 4) is 0 Å². The van der Waals surface area contributed by atoms with Crippen molar-refractivity contribution < 1.29 is 8.78 Å². The van der Waals surface area contributed by atoms with Gasteiger partial charge in [0.25, 0.3) is 0 Å². The smallest absolute Gasteiger partial charge is 0.191 e. The fraction of sp³-hybridized carbons (Fsp3) is 0.381. The van der Waals surface area contributed by atoms with Crippen LogP contribution in [0.1, 0.15) is 36.2 Å². The van der Waals surface area contributed by atoms with Gasteiger partial charge in [0.1, 0.15) is 23.8 Å². The van der Waals surface area contributed by atoms with E-state index in [1.54, 1.807) is 17.7 Å². The summed E-state index contributed by atoms with van der Waals surface area (Å²) in [5.41, 5.74) is 0.385. The molecule has 2 heterocycles. The normalized spacial score (nSPS) is 12.7. The minimum Gasteiger partial charge on any atom is -0.355 e. The van der Waals surface area contributed by atoms with E-state index >= 15 is 0 Å². The second-order valence-electron chi connectivity index (χ2n) is 6.81. The number of aliphatic imine (C=N–C) groups is 1. The van der Waals surface area contributed by atoms with Crippen molar-refractivity contribution in [1.29, 1.82) is 0 Å². The zero-order chi connectivity index (χ0) is 21.3. The Kier molecular flexibility index (Phi) is 7.89. The molecule has 3 aromatic rings. The van der Waals surface area contributed by atoms with Crippen molar-refractivity contribution in [2.24, 2.45) is 4.99 Å². The molecule has 0 saturated heterocycles. The van der Waals surface area contributed by atoms with Crippen LogP contribution in [-0.2, 0) is 19.4 Å². The lowest BCUT2D eigenvalue weighted by Gasteiger charge is -2.19. The van der Waals surface area contributed by atoms with Gasteiger partial charge in [0.15, 0.2) is 5.96 Å². The predicted molar refractivity (Wildman–Crippen MR) is 116 cm³/mol. The average molecular weight is 433 g/mol. The molecule has 1 atom stereocenters. The Balaban J connectivity index is 1.64. The summed E-state index contributed by atoms with van der Waals surface area (Å²) in [6, 6.07) is 7.33. The van der Waals surface area contributed by atoms with Crippen molar-refractivity contribution in [1.82, 2.24) is 25.4 Å². The number of aromatic nitrogens is 3. The average Bonchev–Trinajstić information content (AvgIpc) is 3.39. The van der Waals surface area contributed by atoms with Crippen LogP contribution < -0.4 is 10.6 Å². The first kappa shape index (κ1) is 21.9. The summed E-state index contributed by atoms with van der Waals surface area (Å²) in [6.07, 6.45) is 3.34. The van der Waals surface area contributed by atoms with E-state index < -0.39 is 11.6 Å². The molecule has 160 valence electrons. The molecule has 6 nitrogen and oxygen atoms in total. The van der Waals surface area contributed by atoms with Crippen LogP contribution in [0.25, 0.3) is 0 Å². The monoisotopic (exact) mass is 432 g/mol. The molecule has 0 aliphatic carbocycles. The maximum atomic E-state index is 14.2. The first-order chi connectivity index (χ1) is 14.6. The minimum absolute atomic E-state index is 0.375. The van der Waals surface area contributed by atoms with Gasteiger partial charge in [0, 0.05) is 49.0 Å². The Labute approximate surface area is 179 Å². The molecule has 0 bridgehead atoms. The third-order valence-electron chi connectivity index (χ3n) is 4.65. The molecular formula is C21H26F2N6S. The van der Waals surface area contributed by atoms with Crippen LogP contribution in [0.2, 0.25) is 0 Å². The van der Waals surface area contributed by atoms with Gasteiger partial charge in [0.05, 0.1) is 6.04 Å². The lowest BCUT2D eigenvalue weighted by atomic mass is 10.1. The summed E-state index contributed by atoms with van der Waals surface area (Å²) in [6.45, 7) is 5.74. The highest BCUT2D eigenvalue weighted by molar-refractivity contribution is 7.09. The summed E-state index contributed by atoms with van der Waals surface area (Å²) in [5, 5.41) is 16.6. The van der Waals surface area contributed by atoms with Gasteiger partial charge in [0.2, 0.25) is 0 Å². The van der Waals surface area contributed by atoms with Gasteiger partial charge in [-0.05, 0) is 24.4 Å². The molecule has 0 fully saturated rings. The third kappa shape index (κ3) is 6.09. The molecule has 2 aromatic heterocycles. The Morgan fingerprint density at radius 2 is 2.17 bits per heavy atom. The van der Waals surface area contributed by atoms with Crippen LogP contribution in [0.4, 0.5) is 8.78 Å². The molecule has 0 spiro atoms. The van der Waals surface area contributed by atoms with Crippen LogP contribution >= 0.6 is 11.3 Å². The fourth-order valence-corrected chi connectivity index (χ4v) is 3.75. The summed E-state index contributed by atoms with van der Waals surface area (Å²) in [5.74, 6) is 0.327. The number of hydrogen-bond acceptors (Lipinski definition) is 4. The highest BCUT2D eigenvalue weighted by Crippen LogP contribution is 2.17. The van der Waals surface area contributed by atoms with Gasteiger partial charge in [-0.2, -0.15) is 0 Å². The lowest BCUT2D eigenvalue weighted by molar-refractivity contribution is 0.549. The predicted octanol–water partition coefficient (Wildman–Crippen LogP) is 3.72. The van der Waals surface area contributed by atoms with Gasteiger partial charge >= 0.3 is 0 Å². The van der Waals surface area contributed by atoms with Crippen LogP contribution in [-0.4, -0.2) is 33.8 Å². The van der Waals surface area contributed by atoms with E-state index in [-0.39, 0.29) is 6.04 Å². The standard InChI is InChI=1S/C21H26F2N6S/c1-3-20-28-26-14-29(20)11-10-25-21(24-9-8-17-5-4-12-30-17)27-15(2)18-7-6-16(22)13-19(18)23/h4-7,12-15H,3,8-11H2,1-2H3,(H2,24,25,27). The summed E-state index contributed by atoms with van der Waals surface area (Å²) < 4.78 is 29.4. The molecular weight excluding hydrogens is 406 g/mol. The van der Waals surface area contributed by atoms with Crippen molar-refractivity contribution in [2.45, 2.75) is 39.3 Å². The molecule has 2 N–H and O–H groups in total. The van der Waals surface area contributed by atoms with Gasteiger partial charge in [-0.1, -0.05) is 19.1 Å². The molecule has 0 aliphatic heterocycles. The number of guanidine groups is 1. The van der Waals surface area contributed by atoms with E-state index in [0.717, 1.165) is 24.7 Å². The van der Waals surface area contributed by atoms with E-state index in [1.807, 2.05) is 29.9 Å². The quantitative estimate of drug-likeness (QED) is 0.400. The number of nitrogens with zero attached hydrogens (tertiary/aromatic N) is 4. The number of thiophene rings is 1. The summed E-state index contributed by atoms with van der Waals surface area (Å²) >= 11 is 1.70. The van der Waals surface area contributed by atoms with Crippen molar-refractivity contribution >= 4 is 17.3 Å². The van der Waals surface area contributed by atoms with Crippen molar-refractivity contribution in [3.05, 3.63) is 69.9 Å². The van der Waals surface area contributed by atoms with Crippen LogP contribution in [0.15, 0.2) is 47.0 Å². The van der Waals surface area contributed by atoms with E-state index in [9.17, 15) is 8.78 Å². The Bertz CT molecular complexity index is 954. The molecule has 1 unspecified atom stereocenters. The Hall–Kier alpha value is -2.81. The first-order valence-corrected chi connectivity index (χ1v) is 10.8. The largest absolute Gasteiger partial charge is 0.355 e. The number of hydrogen-bond donors (Lipinski definition) is 2. The maximum absolute atomic E-state index is 14.2. The molecule has 9 heteroatoms. The van der Waals surface area contributed by atoms with Crippen molar-refractivity contribution in [2.75, 3.05) is 13.1 Å². The van der Waals surface area contributed by atoms with E-state index in [2.05, 4.69) is 31.9 Å². The number of benzene rings is 1. The molecule has 0 aliphatic rings. The lowest BCUT2D eigenvalue weighted by Crippen LogP contribution is -2.40. The highest BCUT2D eigenvalue weighted by Gasteiger charge is 2.13. The first-order valence-electron chi connectivity index (χ1n) is 9.95. The molecule has 30 heavy (non-hydrogen) atoms. The summed E-state index contributed by atoms with van der Waals surface area (Å²) in [7, 11) is 0. The van der Waals surface area contributed by atoms with Gasteiger partial charge in [-0.15, -0.1) is 21.5 Å². The molecule has 3 rings (SSSR count). The van der Waals surface area contributed by atoms with Crippen LogP contribution in [0, 0.1) is 11.6 Å². The van der Waals surface area contributed by atoms with Gasteiger partial charge < -0.3 is 15.2 Å². The molecule has 0 saturated carbocycles. The molecule has 0 amide bonds. The van der Waals surface area contributed by atoms with E-state index in [4.69, 9.17) is 0 Å². The Morgan fingerprint density at radius 1 is 1.30 bits per heavy atom.